The molecule has 4 aromatic rings. The summed E-state index contributed by atoms with van der Waals surface area (Å²) < 4.78 is 60.7. The highest BCUT2D eigenvalue weighted by atomic mass is 35.5. The van der Waals surface area contributed by atoms with Crippen LogP contribution in [0.25, 0.3) is 0 Å². The second kappa shape index (κ2) is 27.3. The Hall–Kier alpha value is -6.07. The van der Waals surface area contributed by atoms with E-state index in [-0.39, 0.29) is 82.4 Å². The molecule has 1 aromatic heterocycles. The number of ketones is 1. The van der Waals surface area contributed by atoms with Crippen LogP contribution in [0.5, 0.6) is 11.5 Å². The lowest BCUT2D eigenvalue weighted by molar-refractivity contribution is -0.136. The summed E-state index contributed by atoms with van der Waals surface area (Å²) >= 11 is 6.51. The second-order valence-corrected chi connectivity index (χ2v) is 22.1. The third-order valence-electron chi connectivity index (χ3n) is 13.0. The molecular formula is C54H68ClN7O13S. The third-order valence-corrected chi connectivity index (χ3v) is 15.5. The number of carbonyl (C=O) groups is 5. The van der Waals surface area contributed by atoms with E-state index in [1.807, 2.05) is 19.9 Å². The molecule has 410 valence electrons. The molecule has 7 rings (SSSR count). The summed E-state index contributed by atoms with van der Waals surface area (Å²) in [6, 6.07) is 14.4. The number of para-hydroxylation sites is 1. The first kappa shape index (κ1) is 57.6. The average molecular weight is 1090 g/mol. The van der Waals surface area contributed by atoms with Crippen LogP contribution in [0.2, 0.25) is 5.02 Å². The smallest absolute Gasteiger partial charge is 0.266 e. The van der Waals surface area contributed by atoms with Crippen molar-refractivity contribution in [1.82, 2.24) is 25.1 Å². The van der Waals surface area contributed by atoms with Crippen molar-refractivity contribution in [3.63, 3.8) is 0 Å². The topological polar surface area (TPSA) is 243 Å². The highest BCUT2D eigenvalue weighted by molar-refractivity contribution is 7.92. The number of imide groups is 2. The number of Topliss-reactive ketones (excluding diaryl/α,β-unsaturated/α-hetero) is 1. The number of hydrogen-bond acceptors (Lipinski definition) is 18. The number of halogens is 1. The molecule has 0 radical (unpaired) electrons. The maximum atomic E-state index is 13.2. The standard InChI is InChI=1S/C54H68ClN7O13S/c1-34(2)75-46-31-40(36(5)30-43(46)58-54-56-32-41(55)50(60-54)57-42-12-6-7-14-47(42)76(68,69)35(3)4)37-17-19-61(20-18-37)33-38(63)10-9-21-70-22-23-71-24-25-72-26-27-73-28-29-74-45-13-8-11-39-49(45)53(67)62(52(39)66)44-15-16-48(64)59-51(44)65/h6-8,11-14,30-32,34-35,37,44H,9-10,15-29,33H2,1-5H3,(H,59,64,65)(H2,56,57,58,60). The zero-order valence-corrected chi connectivity index (χ0v) is 45.3. The monoisotopic (exact) mass is 1090 g/mol. The number of piperidine rings is 2. The molecule has 20 nitrogen and oxygen atoms in total. The van der Waals surface area contributed by atoms with Crippen LogP contribution in [-0.4, -0.2) is 154 Å². The molecule has 4 heterocycles. The van der Waals surface area contributed by atoms with Crippen LogP contribution in [0.4, 0.5) is 23.1 Å². The highest BCUT2D eigenvalue weighted by Crippen LogP contribution is 2.39. The summed E-state index contributed by atoms with van der Waals surface area (Å²) in [6.45, 7) is 14.3. The van der Waals surface area contributed by atoms with Crippen LogP contribution in [-0.2, 0) is 43.2 Å². The zero-order valence-electron chi connectivity index (χ0n) is 43.7. The number of fused-ring (bicyclic) bond motifs is 1. The quantitative estimate of drug-likeness (QED) is 0.0367. The fraction of sp³-hybridized carbons (Fsp3) is 0.500. The summed E-state index contributed by atoms with van der Waals surface area (Å²) in [5.41, 5.74) is 3.53. The number of aromatic nitrogens is 2. The Morgan fingerprint density at radius 1 is 0.803 bits per heavy atom. The Balaban J connectivity index is 0.735. The summed E-state index contributed by atoms with van der Waals surface area (Å²) in [5.74, 6) is -0.516. The normalized spacial score (nSPS) is 16.4. The van der Waals surface area contributed by atoms with Crippen molar-refractivity contribution in [3.05, 3.63) is 88.1 Å². The number of aryl methyl sites for hydroxylation is 1. The number of rotatable bonds is 29. The molecule has 1 unspecified atom stereocenters. The summed E-state index contributed by atoms with van der Waals surface area (Å²) in [7, 11) is -3.59. The number of amides is 4. The number of nitrogens with one attached hydrogen (secondary N) is 3. The van der Waals surface area contributed by atoms with Gasteiger partial charge in [0.25, 0.3) is 11.8 Å². The average Bonchev–Trinajstić information content (AvgIpc) is 3.65. The van der Waals surface area contributed by atoms with Crippen LogP contribution >= 0.6 is 11.6 Å². The summed E-state index contributed by atoms with van der Waals surface area (Å²) in [4.78, 5) is 75.4. The van der Waals surface area contributed by atoms with Gasteiger partial charge in [-0.3, -0.25) is 39.1 Å². The molecule has 3 aliphatic rings. The minimum Gasteiger partial charge on any atom is -0.490 e. The first-order valence-corrected chi connectivity index (χ1v) is 27.7. The van der Waals surface area contributed by atoms with Gasteiger partial charge >= 0.3 is 0 Å². The molecule has 3 aromatic carbocycles. The van der Waals surface area contributed by atoms with Crippen molar-refractivity contribution < 1.29 is 60.8 Å². The molecule has 1 atom stereocenters. The third kappa shape index (κ3) is 15.1. The number of anilines is 4. The second-order valence-electron chi connectivity index (χ2n) is 19.2. The van der Waals surface area contributed by atoms with Gasteiger partial charge in [0.1, 0.15) is 35.0 Å². The lowest BCUT2D eigenvalue weighted by atomic mass is 9.86. The fourth-order valence-electron chi connectivity index (χ4n) is 9.11. The SMILES string of the molecule is Cc1cc(Nc2ncc(Cl)c(Nc3ccccc3S(=O)(=O)C(C)C)n2)c(OC(C)C)cc1C1CCN(CC(=O)CCCOCCOCCOCCOCCOc2cccc3c2C(=O)N(C2CCC(=O)NC2=O)C3=O)CC1. The molecule has 0 aliphatic carbocycles. The molecule has 0 saturated carbocycles. The first-order chi connectivity index (χ1) is 36.5. The minimum absolute atomic E-state index is 0.0373. The van der Waals surface area contributed by atoms with Crippen molar-refractivity contribution in [2.45, 2.75) is 101 Å². The maximum absolute atomic E-state index is 13.2. The molecule has 0 bridgehead atoms. The molecular weight excluding hydrogens is 1020 g/mol. The Bertz CT molecular complexity index is 2830. The Labute approximate surface area is 448 Å². The molecule has 22 heteroatoms. The van der Waals surface area contributed by atoms with Crippen LogP contribution in [0.3, 0.4) is 0 Å². The van der Waals surface area contributed by atoms with Gasteiger partial charge in [0.15, 0.2) is 15.7 Å². The van der Waals surface area contributed by atoms with E-state index in [0.717, 1.165) is 36.4 Å². The van der Waals surface area contributed by atoms with Crippen molar-refractivity contribution in [3.8, 4) is 11.5 Å². The summed E-state index contributed by atoms with van der Waals surface area (Å²) in [6.07, 6.45) is 4.32. The van der Waals surface area contributed by atoms with Crippen molar-refractivity contribution in [2.24, 2.45) is 0 Å². The number of hydrogen-bond donors (Lipinski definition) is 3. The first-order valence-electron chi connectivity index (χ1n) is 25.7. The van der Waals surface area contributed by atoms with E-state index in [4.69, 9.17) is 40.0 Å². The van der Waals surface area contributed by atoms with Gasteiger partial charge in [0, 0.05) is 19.4 Å². The van der Waals surface area contributed by atoms with Crippen LogP contribution in [0.1, 0.15) is 104 Å². The van der Waals surface area contributed by atoms with E-state index in [0.29, 0.717) is 82.8 Å². The van der Waals surface area contributed by atoms with Crippen LogP contribution < -0.4 is 25.4 Å². The molecule has 3 aliphatic heterocycles. The lowest BCUT2D eigenvalue weighted by Crippen LogP contribution is -2.54. The zero-order chi connectivity index (χ0) is 54.4. The lowest BCUT2D eigenvalue weighted by Gasteiger charge is -2.33. The van der Waals surface area contributed by atoms with Crippen LogP contribution in [0, 0.1) is 6.92 Å². The number of carbonyl (C=O) groups excluding carboxylic acids is 5. The summed E-state index contributed by atoms with van der Waals surface area (Å²) in [5, 5.41) is 8.19. The number of sulfone groups is 1. The minimum atomic E-state index is -3.59. The van der Waals surface area contributed by atoms with Gasteiger partial charge in [-0.15, -0.1) is 0 Å². The van der Waals surface area contributed by atoms with E-state index in [1.54, 1.807) is 50.2 Å². The number of ether oxygens (including phenoxy) is 6. The van der Waals surface area contributed by atoms with Gasteiger partial charge in [-0.05, 0) is 127 Å². The molecule has 4 amide bonds. The molecule has 0 spiro atoms. The van der Waals surface area contributed by atoms with Crippen LogP contribution in [0.15, 0.2) is 65.7 Å². The number of nitrogens with zero attached hydrogens (tertiary/aromatic N) is 4. The van der Waals surface area contributed by atoms with Gasteiger partial charge in [-0.2, -0.15) is 4.98 Å². The molecule has 76 heavy (non-hydrogen) atoms. The van der Waals surface area contributed by atoms with Gasteiger partial charge in [-0.25, -0.2) is 13.4 Å². The Morgan fingerprint density at radius 3 is 2.14 bits per heavy atom. The Morgan fingerprint density at radius 2 is 1.47 bits per heavy atom. The predicted molar refractivity (Wildman–Crippen MR) is 284 cm³/mol. The van der Waals surface area contributed by atoms with E-state index < -0.39 is 44.8 Å². The van der Waals surface area contributed by atoms with Crippen molar-refractivity contribution in [1.29, 1.82) is 0 Å². The largest absolute Gasteiger partial charge is 0.490 e. The molecule has 2 fully saturated rings. The van der Waals surface area contributed by atoms with Crippen molar-refractivity contribution >= 4 is 74.0 Å². The van der Waals surface area contributed by atoms with E-state index in [9.17, 15) is 32.4 Å². The fourth-order valence-corrected chi connectivity index (χ4v) is 10.4. The van der Waals surface area contributed by atoms with E-state index >= 15 is 0 Å². The predicted octanol–water partition coefficient (Wildman–Crippen LogP) is 6.97. The van der Waals surface area contributed by atoms with Crippen molar-refractivity contribution in [2.75, 3.05) is 89.7 Å². The Kier molecular flexibility index (Phi) is 20.7. The maximum Gasteiger partial charge on any atom is 0.266 e. The van der Waals surface area contributed by atoms with Gasteiger partial charge < -0.3 is 39.1 Å². The highest BCUT2D eigenvalue weighted by Gasteiger charge is 2.46. The van der Waals surface area contributed by atoms with Gasteiger partial charge in [0.2, 0.25) is 17.8 Å². The molecule has 3 N–H and O–H groups in total. The van der Waals surface area contributed by atoms with Gasteiger partial charge in [-0.1, -0.05) is 29.8 Å². The van der Waals surface area contributed by atoms with E-state index in [2.05, 4.69) is 43.8 Å². The molecule has 2 saturated heterocycles. The number of benzene rings is 3. The van der Waals surface area contributed by atoms with E-state index in [1.165, 1.54) is 17.8 Å². The van der Waals surface area contributed by atoms with Gasteiger partial charge in [0.05, 0.1) is 97.7 Å². The number of likely N-dealkylation sites (tertiary alicyclic amines) is 1.